The molecule has 40 valence electrons. The van der Waals surface area contributed by atoms with Gasteiger partial charge in [0, 0.05) is 0 Å². The Morgan fingerprint density at radius 1 is 0.600 bits per heavy atom. The van der Waals surface area contributed by atoms with Crippen LogP contribution in [0, 0.1) is 0 Å². The van der Waals surface area contributed by atoms with E-state index < -0.39 is 0 Å². The van der Waals surface area contributed by atoms with Crippen LogP contribution in [0.3, 0.4) is 0 Å². The highest BCUT2D eigenvalue weighted by molar-refractivity contribution is 2.50. The van der Waals surface area contributed by atoms with Gasteiger partial charge in [0.2, 0.25) is 0 Å². The fourth-order valence-corrected chi connectivity index (χ4v) is 0. The van der Waals surface area contributed by atoms with Crippen molar-refractivity contribution in [3.63, 3.8) is 0 Å². The summed E-state index contributed by atoms with van der Waals surface area (Å²) >= 11 is 0. The van der Waals surface area contributed by atoms with Gasteiger partial charge in [-0.3, -0.25) is 0 Å². The zero-order valence-corrected chi connectivity index (χ0v) is 1.91. The third-order valence-electron chi connectivity index (χ3n) is 0. The Bertz CT molecular complexity index is 7.61. The summed E-state index contributed by atoms with van der Waals surface area (Å²) in [6, 6.07) is 0. The summed E-state index contributed by atoms with van der Waals surface area (Å²) < 4.78 is 0. The summed E-state index contributed by atoms with van der Waals surface area (Å²) in [4.78, 5) is 0. The van der Waals surface area contributed by atoms with Gasteiger partial charge in [-0.2, -0.15) is 0 Å². The third-order valence-corrected chi connectivity index (χ3v) is 0. The summed E-state index contributed by atoms with van der Waals surface area (Å²) in [5.74, 6) is 0. The molecule has 8 N–H and O–H groups in total. The van der Waals surface area contributed by atoms with Crippen LogP contribution >= 0.6 is 0 Å². The Kier molecular flexibility index (Phi) is 2280000. The third kappa shape index (κ3) is 952. The van der Waals surface area contributed by atoms with E-state index in [-0.39, 0.29) is 32.6 Å². The maximum atomic E-state index is 0. The van der Waals surface area contributed by atoms with Crippen molar-refractivity contribution in [1.82, 2.24) is 12.3 Å². The molecule has 0 aromatic carbocycles. The van der Waals surface area contributed by atoms with Crippen molar-refractivity contribution in [1.29, 1.82) is 0 Å². The van der Waals surface area contributed by atoms with Crippen molar-refractivity contribution in [3.8, 4) is 0 Å². The summed E-state index contributed by atoms with van der Waals surface area (Å²) in [6.45, 7) is 0. The largest absolute Gasteiger partial charge is 0.412 e. The molecule has 0 aromatic heterocycles. The van der Waals surface area contributed by atoms with Gasteiger partial charge in [-0.1, -0.05) is 14.9 Å². The molecule has 0 radical (unpaired) electrons. The first-order valence-electron chi connectivity index (χ1n) is 0. The summed E-state index contributed by atoms with van der Waals surface area (Å²) in [7, 11) is 0. The first kappa shape index (κ1) is 5100. The second kappa shape index (κ2) is 2230. The molecule has 3 nitrogen and oxygen atoms in total. The molecule has 5 heavy (non-hydrogen) atoms. The molecule has 0 rings (SSSR count). The van der Waals surface area contributed by atoms with Gasteiger partial charge in [0.1, 0.15) is 0 Å². The minimum absolute atomic E-state index is 0. The van der Waals surface area contributed by atoms with Crippen molar-refractivity contribution >= 4 is 0 Å². The lowest BCUT2D eigenvalue weighted by Gasteiger charge is -0.412. The van der Waals surface area contributed by atoms with Crippen LogP contribution in [-0.4, -0.2) is 5.48 Å². The molecular weight excluding hydrogens is 68.0 g/mol. The SMILES string of the molecule is C.C.N.N.O. The van der Waals surface area contributed by atoms with E-state index >= 15 is 0 Å². The van der Waals surface area contributed by atoms with Crippen LogP contribution in [0.4, 0.5) is 0 Å². The number of hydrogen-bond donors (Lipinski definition) is 2. The zero-order valence-electron chi connectivity index (χ0n) is 1.91. The molecule has 3 heteroatoms. The molecule has 0 saturated heterocycles. The number of hydrogen-bond acceptors (Lipinski definition) is 2. The van der Waals surface area contributed by atoms with Gasteiger partial charge in [0.05, 0.1) is 0 Å². The summed E-state index contributed by atoms with van der Waals surface area (Å²) in [5.41, 5.74) is 0. The average Bonchev–Trinajstić information content (AvgIpc) is 0. The van der Waals surface area contributed by atoms with E-state index in [0.29, 0.717) is 0 Å². The first-order valence-corrected chi connectivity index (χ1v) is 0. The van der Waals surface area contributed by atoms with Crippen molar-refractivity contribution in [2.45, 2.75) is 14.9 Å². The van der Waals surface area contributed by atoms with Gasteiger partial charge in [-0.25, -0.2) is 0 Å². The second-order valence-electron chi connectivity index (χ2n) is 0. The van der Waals surface area contributed by atoms with E-state index in [0.717, 1.165) is 0 Å². The van der Waals surface area contributed by atoms with Crippen molar-refractivity contribution < 1.29 is 5.48 Å². The van der Waals surface area contributed by atoms with Crippen molar-refractivity contribution in [2.75, 3.05) is 0 Å². The summed E-state index contributed by atoms with van der Waals surface area (Å²) in [6.07, 6.45) is 0. The maximum Gasteiger partial charge on any atom is -0.0776 e. The van der Waals surface area contributed by atoms with Gasteiger partial charge in [-0.05, 0) is 0 Å². The second-order valence-corrected chi connectivity index (χ2v) is 0. The van der Waals surface area contributed by atoms with E-state index in [1.807, 2.05) is 0 Å². The highest BCUT2D eigenvalue weighted by Gasteiger charge is -0.0765. The fraction of sp³-hybridized carbons (Fsp3) is 1.00. The van der Waals surface area contributed by atoms with Gasteiger partial charge < -0.3 is 17.8 Å². The Labute approximate surface area is 33.9 Å². The monoisotopic (exact) mass is 84.1 g/mol. The predicted octanol–water partition coefficient (Wildman–Crippen LogP) is 0.771. The van der Waals surface area contributed by atoms with Crippen LogP contribution < -0.4 is 12.3 Å². The Morgan fingerprint density at radius 3 is 0.600 bits per heavy atom. The van der Waals surface area contributed by atoms with Gasteiger partial charge >= 0.3 is 0 Å². The van der Waals surface area contributed by atoms with E-state index in [1.165, 1.54) is 0 Å². The van der Waals surface area contributed by atoms with E-state index in [4.69, 9.17) is 0 Å². The quantitative estimate of drug-likeness (QED) is 0.452. The molecule has 0 amide bonds. The van der Waals surface area contributed by atoms with Crippen LogP contribution in [0.2, 0.25) is 0 Å². The Hall–Kier alpha value is -0.120. The molecular formula is C2H16N2O. The van der Waals surface area contributed by atoms with Gasteiger partial charge in [0.25, 0.3) is 0 Å². The van der Waals surface area contributed by atoms with Gasteiger partial charge in [0.15, 0.2) is 0 Å². The Morgan fingerprint density at radius 2 is 0.600 bits per heavy atom. The van der Waals surface area contributed by atoms with Crippen LogP contribution in [0.25, 0.3) is 0 Å². The molecule has 0 saturated carbocycles. The standard InChI is InChI=1S/2CH4.2H3N.H2O/h2*1H4;2*1H3;1H2. The van der Waals surface area contributed by atoms with E-state index in [2.05, 4.69) is 0 Å². The Balaban J connectivity index is 0. The minimum Gasteiger partial charge on any atom is -0.412 e. The van der Waals surface area contributed by atoms with E-state index in [9.17, 15) is 0 Å². The summed E-state index contributed by atoms with van der Waals surface area (Å²) in [5, 5.41) is 0. The molecule has 0 spiro atoms. The minimum atomic E-state index is 0. The lowest BCUT2D eigenvalue weighted by molar-refractivity contribution is 0.824. The lowest BCUT2D eigenvalue weighted by Crippen LogP contribution is -0.482. The molecule has 0 atom stereocenters. The van der Waals surface area contributed by atoms with Crippen molar-refractivity contribution in [2.24, 2.45) is 0 Å². The molecule has 0 unspecified atom stereocenters. The topological polar surface area (TPSA) is 102 Å². The molecule has 0 aliphatic rings. The molecule has 0 aliphatic carbocycles. The predicted molar refractivity (Wildman–Crippen MR) is 27.1 cm³/mol. The van der Waals surface area contributed by atoms with Crippen molar-refractivity contribution in [3.05, 3.63) is 0 Å². The lowest BCUT2D eigenvalue weighted by atomic mass is 12.0. The van der Waals surface area contributed by atoms with Gasteiger partial charge in [-0.15, -0.1) is 0 Å². The molecule has 0 aliphatic heterocycles. The molecule has 0 bridgehead atoms. The number of rotatable bonds is 0. The van der Waals surface area contributed by atoms with Crippen LogP contribution in [-0.2, 0) is 0 Å². The molecule has 0 heterocycles. The highest BCUT2D eigenvalue weighted by atomic mass is 16.0. The molecule has 0 aromatic rings. The zero-order chi connectivity index (χ0) is 0. The van der Waals surface area contributed by atoms with Crippen LogP contribution in [0.1, 0.15) is 14.9 Å². The smallest absolute Gasteiger partial charge is 0.0776 e. The van der Waals surface area contributed by atoms with Crippen LogP contribution in [0.15, 0.2) is 0 Å². The van der Waals surface area contributed by atoms with Crippen LogP contribution in [0.5, 0.6) is 0 Å². The normalized spacial score (nSPS) is 0. The maximum absolute atomic E-state index is 0. The first-order chi connectivity index (χ1) is 0. The highest BCUT2D eigenvalue weighted by Crippen LogP contribution is 0.145. The average molecular weight is 84.2 g/mol. The molecule has 0 fully saturated rings. The fourth-order valence-electron chi connectivity index (χ4n) is 0. The van der Waals surface area contributed by atoms with E-state index in [1.54, 1.807) is 0 Å².